The second-order valence-corrected chi connectivity index (χ2v) is 3.72. The highest BCUT2D eigenvalue weighted by Gasteiger charge is 2.14. The molecule has 1 radical (unpaired) electrons. The van der Waals surface area contributed by atoms with Crippen LogP contribution in [0, 0.1) is 13.0 Å². The van der Waals surface area contributed by atoms with Gasteiger partial charge in [-0.25, -0.2) is 0 Å². The summed E-state index contributed by atoms with van der Waals surface area (Å²) < 4.78 is 5.66. The summed E-state index contributed by atoms with van der Waals surface area (Å²) in [7, 11) is 0. The van der Waals surface area contributed by atoms with E-state index in [9.17, 15) is 0 Å². The summed E-state index contributed by atoms with van der Waals surface area (Å²) in [5.41, 5.74) is 2.59. The molecule has 1 fully saturated rings. The zero-order valence-electron chi connectivity index (χ0n) is 8.55. The summed E-state index contributed by atoms with van der Waals surface area (Å²) in [6, 6.07) is 9.37. The van der Waals surface area contributed by atoms with Gasteiger partial charge in [0.15, 0.2) is 0 Å². The topological polar surface area (TPSA) is 21.3 Å². The molecule has 2 nitrogen and oxygen atoms in total. The van der Waals surface area contributed by atoms with Crippen LogP contribution < -0.4 is 5.32 Å². The molecule has 2 rings (SSSR count). The summed E-state index contributed by atoms with van der Waals surface area (Å²) in [6.07, 6.45) is 1.33. The molecule has 0 aromatic heterocycles. The van der Waals surface area contributed by atoms with Crippen LogP contribution in [0.15, 0.2) is 18.2 Å². The van der Waals surface area contributed by atoms with E-state index in [0.29, 0.717) is 6.10 Å². The molecular formula is C12H16NO. The number of benzene rings is 1. The molecule has 1 unspecified atom stereocenters. The minimum atomic E-state index is 0.332. The monoisotopic (exact) mass is 190 g/mol. The van der Waals surface area contributed by atoms with Crippen molar-refractivity contribution in [3.05, 3.63) is 35.4 Å². The maximum atomic E-state index is 5.66. The summed E-state index contributed by atoms with van der Waals surface area (Å²) in [6.45, 7) is 4.89. The first kappa shape index (κ1) is 9.69. The summed E-state index contributed by atoms with van der Waals surface area (Å²) in [5, 5.41) is 3.34. The Morgan fingerprint density at radius 1 is 1.64 bits per heavy atom. The lowest BCUT2D eigenvalue weighted by Gasteiger charge is -2.24. The van der Waals surface area contributed by atoms with E-state index in [-0.39, 0.29) is 0 Å². The van der Waals surface area contributed by atoms with Gasteiger partial charge in [-0.05, 0) is 24.1 Å². The van der Waals surface area contributed by atoms with Gasteiger partial charge >= 0.3 is 0 Å². The normalized spacial score (nSPS) is 22.2. The van der Waals surface area contributed by atoms with Gasteiger partial charge in [-0.3, -0.25) is 0 Å². The van der Waals surface area contributed by atoms with Gasteiger partial charge in [-0.1, -0.05) is 18.2 Å². The van der Waals surface area contributed by atoms with E-state index in [2.05, 4.69) is 24.4 Å². The number of nitrogens with one attached hydrogen (secondary N) is 1. The molecule has 75 valence electrons. The number of aryl methyl sites for hydroxylation is 1. The molecule has 0 saturated carbocycles. The van der Waals surface area contributed by atoms with E-state index in [4.69, 9.17) is 4.74 Å². The third kappa shape index (κ3) is 2.34. The van der Waals surface area contributed by atoms with Crippen molar-refractivity contribution < 1.29 is 4.74 Å². The number of morpholine rings is 1. The zero-order valence-corrected chi connectivity index (χ0v) is 8.55. The van der Waals surface area contributed by atoms with Crippen molar-refractivity contribution in [1.82, 2.24) is 5.32 Å². The van der Waals surface area contributed by atoms with Gasteiger partial charge in [0.05, 0.1) is 12.7 Å². The second kappa shape index (κ2) is 4.58. The van der Waals surface area contributed by atoms with Crippen LogP contribution in [0.5, 0.6) is 0 Å². The number of rotatable bonds is 2. The largest absolute Gasteiger partial charge is 0.375 e. The molecule has 0 bridgehead atoms. The third-order valence-electron chi connectivity index (χ3n) is 2.63. The molecule has 1 saturated heterocycles. The molecule has 0 amide bonds. The molecule has 0 aliphatic carbocycles. The van der Waals surface area contributed by atoms with Gasteiger partial charge in [0.25, 0.3) is 0 Å². The quantitative estimate of drug-likeness (QED) is 0.759. The third-order valence-corrected chi connectivity index (χ3v) is 2.63. The Balaban J connectivity index is 1.99. The van der Waals surface area contributed by atoms with Crippen molar-refractivity contribution in [3.63, 3.8) is 0 Å². The number of ether oxygens (including phenoxy) is 1. The minimum Gasteiger partial charge on any atom is -0.375 e. The summed E-state index contributed by atoms with van der Waals surface area (Å²) in [4.78, 5) is 0. The maximum Gasteiger partial charge on any atom is 0.0740 e. The Morgan fingerprint density at radius 2 is 2.57 bits per heavy atom. The zero-order chi connectivity index (χ0) is 9.80. The Bertz CT molecular complexity index is 292. The fraction of sp³-hybridized carbons (Fsp3) is 0.500. The van der Waals surface area contributed by atoms with Gasteiger partial charge in [0.1, 0.15) is 0 Å². The molecule has 1 aliphatic heterocycles. The van der Waals surface area contributed by atoms with Crippen LogP contribution in [-0.2, 0) is 11.2 Å². The van der Waals surface area contributed by atoms with Crippen LogP contribution in [0.1, 0.15) is 11.1 Å². The van der Waals surface area contributed by atoms with Crippen molar-refractivity contribution in [2.24, 2.45) is 0 Å². The van der Waals surface area contributed by atoms with Crippen molar-refractivity contribution in [2.75, 3.05) is 19.7 Å². The minimum absolute atomic E-state index is 0.332. The first-order chi connectivity index (χ1) is 6.86. The SMILES string of the molecule is Cc1[c]cccc1CC1CNCCO1. The van der Waals surface area contributed by atoms with E-state index in [0.717, 1.165) is 26.1 Å². The molecule has 2 heteroatoms. The molecule has 1 atom stereocenters. The molecule has 14 heavy (non-hydrogen) atoms. The van der Waals surface area contributed by atoms with Gasteiger partial charge in [-0.15, -0.1) is 0 Å². The first-order valence-corrected chi connectivity index (χ1v) is 5.15. The van der Waals surface area contributed by atoms with Crippen LogP contribution in [0.3, 0.4) is 0 Å². The maximum absolute atomic E-state index is 5.66. The van der Waals surface area contributed by atoms with E-state index >= 15 is 0 Å². The molecule has 1 aromatic rings. The molecule has 1 N–H and O–H groups in total. The van der Waals surface area contributed by atoms with Crippen molar-refractivity contribution in [1.29, 1.82) is 0 Å². The lowest BCUT2D eigenvalue weighted by atomic mass is 10.0. The fourth-order valence-corrected chi connectivity index (χ4v) is 1.77. The highest BCUT2D eigenvalue weighted by Crippen LogP contribution is 2.11. The lowest BCUT2D eigenvalue weighted by Crippen LogP contribution is -2.39. The molecular weight excluding hydrogens is 174 g/mol. The van der Waals surface area contributed by atoms with E-state index in [1.807, 2.05) is 12.1 Å². The van der Waals surface area contributed by atoms with Crippen LogP contribution in [0.25, 0.3) is 0 Å². The highest BCUT2D eigenvalue weighted by molar-refractivity contribution is 5.25. The first-order valence-electron chi connectivity index (χ1n) is 5.15. The van der Waals surface area contributed by atoms with Crippen LogP contribution in [0.4, 0.5) is 0 Å². The predicted molar refractivity (Wildman–Crippen MR) is 56.3 cm³/mol. The Kier molecular flexibility index (Phi) is 3.17. The molecule has 1 heterocycles. The van der Waals surface area contributed by atoms with Gasteiger partial charge in [0, 0.05) is 19.5 Å². The Hall–Kier alpha value is -0.860. The van der Waals surface area contributed by atoms with Gasteiger partial charge < -0.3 is 10.1 Å². The van der Waals surface area contributed by atoms with Gasteiger partial charge in [-0.2, -0.15) is 0 Å². The average molecular weight is 190 g/mol. The average Bonchev–Trinajstić information content (AvgIpc) is 2.23. The van der Waals surface area contributed by atoms with Crippen molar-refractivity contribution in [2.45, 2.75) is 19.4 Å². The second-order valence-electron chi connectivity index (χ2n) is 3.72. The molecule has 1 aliphatic rings. The Labute approximate surface area is 85.3 Å². The summed E-state index contributed by atoms with van der Waals surface area (Å²) in [5.74, 6) is 0. The van der Waals surface area contributed by atoms with Crippen LogP contribution in [-0.4, -0.2) is 25.8 Å². The standard InChI is InChI=1S/C12H16NO/c1-10-4-2-3-5-11(10)8-12-9-13-6-7-14-12/h2-3,5,12-13H,6-9H2,1H3. The highest BCUT2D eigenvalue weighted by atomic mass is 16.5. The van der Waals surface area contributed by atoms with Crippen molar-refractivity contribution in [3.8, 4) is 0 Å². The van der Waals surface area contributed by atoms with E-state index < -0.39 is 0 Å². The predicted octanol–water partition coefficient (Wildman–Crippen LogP) is 1.33. The smallest absolute Gasteiger partial charge is 0.0740 e. The summed E-state index contributed by atoms with van der Waals surface area (Å²) >= 11 is 0. The van der Waals surface area contributed by atoms with E-state index in [1.165, 1.54) is 11.1 Å². The lowest BCUT2D eigenvalue weighted by molar-refractivity contribution is 0.0291. The Morgan fingerprint density at radius 3 is 3.29 bits per heavy atom. The van der Waals surface area contributed by atoms with Crippen molar-refractivity contribution >= 4 is 0 Å². The number of hydrogen-bond acceptors (Lipinski definition) is 2. The molecule has 1 aromatic carbocycles. The van der Waals surface area contributed by atoms with Crippen LogP contribution in [0.2, 0.25) is 0 Å². The molecule has 0 spiro atoms. The fourth-order valence-electron chi connectivity index (χ4n) is 1.77. The number of hydrogen-bond donors (Lipinski definition) is 1. The van der Waals surface area contributed by atoms with Gasteiger partial charge in [0.2, 0.25) is 0 Å². The van der Waals surface area contributed by atoms with Crippen LogP contribution >= 0.6 is 0 Å². The van der Waals surface area contributed by atoms with E-state index in [1.54, 1.807) is 0 Å².